The Morgan fingerprint density at radius 1 is 1.47 bits per heavy atom. The highest BCUT2D eigenvalue weighted by Crippen LogP contribution is 2.34. The highest BCUT2D eigenvalue weighted by atomic mass is 19.1. The number of halogens is 1. The van der Waals surface area contributed by atoms with Crippen LogP contribution in [0.1, 0.15) is 38.4 Å². The maximum Gasteiger partial charge on any atom is 0.146 e. The van der Waals surface area contributed by atoms with Crippen LogP contribution in [0.4, 0.5) is 10.1 Å². The Morgan fingerprint density at radius 2 is 2.21 bits per heavy atom. The highest BCUT2D eigenvalue weighted by molar-refractivity contribution is 5.56. The van der Waals surface area contributed by atoms with Gasteiger partial charge in [-0.05, 0) is 32.8 Å². The fourth-order valence-electron chi connectivity index (χ4n) is 2.77. The van der Waals surface area contributed by atoms with Crippen LogP contribution in [0.5, 0.6) is 0 Å². The summed E-state index contributed by atoms with van der Waals surface area (Å²) in [6, 6.07) is 4.86. The molecule has 1 aliphatic rings. The minimum atomic E-state index is -0.679. The van der Waals surface area contributed by atoms with Crippen molar-refractivity contribution in [3.8, 4) is 0 Å². The summed E-state index contributed by atoms with van der Waals surface area (Å²) in [6.07, 6.45) is 1.25. The number of hydrogen-bond acceptors (Lipinski definition) is 3. The number of ether oxygens (including phenoxy) is 1. The molecule has 2 rings (SSSR count). The first-order valence-corrected chi connectivity index (χ1v) is 6.73. The molecule has 0 spiro atoms. The molecule has 2 atom stereocenters. The van der Waals surface area contributed by atoms with Gasteiger partial charge in [0.05, 0.1) is 17.4 Å². The van der Waals surface area contributed by atoms with E-state index in [9.17, 15) is 9.50 Å². The molecule has 0 radical (unpaired) electrons. The van der Waals surface area contributed by atoms with Crippen molar-refractivity contribution >= 4 is 5.69 Å². The van der Waals surface area contributed by atoms with E-state index in [0.717, 1.165) is 19.4 Å². The van der Waals surface area contributed by atoms with Gasteiger partial charge in [0.1, 0.15) is 5.82 Å². The van der Waals surface area contributed by atoms with Gasteiger partial charge < -0.3 is 14.7 Å². The number of nitrogens with zero attached hydrogens (tertiary/aromatic N) is 1. The summed E-state index contributed by atoms with van der Waals surface area (Å²) >= 11 is 0. The second-order valence-electron chi connectivity index (χ2n) is 5.53. The topological polar surface area (TPSA) is 32.7 Å². The largest absolute Gasteiger partial charge is 0.389 e. The van der Waals surface area contributed by atoms with Gasteiger partial charge in [0.2, 0.25) is 0 Å². The van der Waals surface area contributed by atoms with Gasteiger partial charge in [0.15, 0.2) is 0 Å². The number of piperidine rings is 1. The number of anilines is 1. The Balaban J connectivity index is 2.36. The Bertz CT molecular complexity index is 450. The lowest BCUT2D eigenvalue weighted by Crippen LogP contribution is -2.48. The molecule has 1 aromatic rings. The third-order valence-corrected chi connectivity index (χ3v) is 3.94. The zero-order chi connectivity index (χ0) is 14.0. The van der Waals surface area contributed by atoms with Crippen molar-refractivity contribution in [1.29, 1.82) is 0 Å². The van der Waals surface area contributed by atoms with Crippen LogP contribution in [0.25, 0.3) is 0 Å². The van der Waals surface area contributed by atoms with Crippen LogP contribution in [-0.4, -0.2) is 30.9 Å². The predicted octanol–water partition coefficient (Wildman–Crippen LogP) is 2.88. The lowest BCUT2D eigenvalue weighted by Gasteiger charge is -2.41. The summed E-state index contributed by atoms with van der Waals surface area (Å²) < 4.78 is 19.7. The SMILES string of the molecule is COC1(C)CCCN(c2c(F)cccc2[C@@H](C)O)C1. The molecule has 3 nitrogen and oxygen atoms in total. The molecule has 0 amide bonds. The van der Waals surface area contributed by atoms with Gasteiger partial charge in [-0.2, -0.15) is 0 Å². The summed E-state index contributed by atoms with van der Waals surface area (Å²) in [5, 5.41) is 9.82. The molecule has 1 saturated heterocycles. The Labute approximate surface area is 114 Å². The van der Waals surface area contributed by atoms with Crippen molar-refractivity contribution in [2.75, 3.05) is 25.1 Å². The van der Waals surface area contributed by atoms with Crippen LogP contribution >= 0.6 is 0 Å². The average Bonchev–Trinajstić information content (AvgIpc) is 2.38. The molecule has 1 fully saturated rings. The van der Waals surface area contributed by atoms with Crippen molar-refractivity contribution < 1.29 is 14.2 Å². The van der Waals surface area contributed by atoms with Crippen LogP contribution in [0.3, 0.4) is 0 Å². The first-order chi connectivity index (χ1) is 8.97. The van der Waals surface area contributed by atoms with Crippen LogP contribution < -0.4 is 4.90 Å². The maximum atomic E-state index is 14.2. The number of benzene rings is 1. The molecule has 1 aromatic carbocycles. The second-order valence-corrected chi connectivity index (χ2v) is 5.53. The van der Waals surface area contributed by atoms with Gasteiger partial charge in [-0.25, -0.2) is 4.39 Å². The number of methoxy groups -OCH3 is 1. The van der Waals surface area contributed by atoms with Crippen LogP contribution in [0.15, 0.2) is 18.2 Å². The minimum absolute atomic E-state index is 0.253. The summed E-state index contributed by atoms with van der Waals surface area (Å²) in [5.41, 5.74) is 0.900. The van der Waals surface area contributed by atoms with Crippen LogP contribution in [0.2, 0.25) is 0 Å². The highest BCUT2D eigenvalue weighted by Gasteiger charge is 2.33. The number of hydrogen-bond donors (Lipinski definition) is 1. The van der Waals surface area contributed by atoms with E-state index < -0.39 is 6.10 Å². The van der Waals surface area contributed by atoms with E-state index in [1.807, 2.05) is 11.8 Å². The number of para-hydroxylation sites is 1. The van der Waals surface area contributed by atoms with E-state index in [4.69, 9.17) is 4.74 Å². The average molecular weight is 267 g/mol. The first kappa shape index (κ1) is 14.3. The van der Waals surface area contributed by atoms with Crippen molar-refractivity contribution in [3.63, 3.8) is 0 Å². The van der Waals surface area contributed by atoms with Gasteiger partial charge in [-0.15, -0.1) is 0 Å². The third-order valence-electron chi connectivity index (χ3n) is 3.94. The van der Waals surface area contributed by atoms with Crippen molar-refractivity contribution in [3.05, 3.63) is 29.6 Å². The Kier molecular flexibility index (Phi) is 4.11. The molecular weight excluding hydrogens is 245 g/mol. The molecule has 0 aromatic heterocycles. The van der Waals surface area contributed by atoms with E-state index in [2.05, 4.69) is 0 Å². The molecule has 19 heavy (non-hydrogen) atoms. The zero-order valence-corrected chi connectivity index (χ0v) is 11.8. The second kappa shape index (κ2) is 5.47. The van der Waals surface area contributed by atoms with Crippen LogP contribution in [0, 0.1) is 5.82 Å². The minimum Gasteiger partial charge on any atom is -0.389 e. The lowest BCUT2D eigenvalue weighted by molar-refractivity contribution is -0.00488. The van der Waals surface area contributed by atoms with Crippen molar-refractivity contribution in [1.82, 2.24) is 0 Å². The molecule has 106 valence electrons. The lowest BCUT2D eigenvalue weighted by atomic mass is 9.93. The number of rotatable bonds is 3. The molecule has 1 heterocycles. The molecular formula is C15H22FNO2. The van der Waals surface area contributed by atoms with Gasteiger partial charge >= 0.3 is 0 Å². The summed E-state index contributed by atoms with van der Waals surface area (Å²) in [5.74, 6) is -0.279. The van der Waals surface area contributed by atoms with E-state index in [-0.39, 0.29) is 11.4 Å². The van der Waals surface area contributed by atoms with E-state index >= 15 is 0 Å². The summed E-state index contributed by atoms with van der Waals surface area (Å²) in [6.45, 7) is 5.14. The van der Waals surface area contributed by atoms with Gasteiger partial charge in [0.25, 0.3) is 0 Å². The number of aliphatic hydroxyl groups is 1. The fourth-order valence-corrected chi connectivity index (χ4v) is 2.77. The molecule has 1 unspecified atom stereocenters. The Hall–Kier alpha value is -1.13. The van der Waals surface area contributed by atoms with Gasteiger partial charge in [-0.1, -0.05) is 12.1 Å². The van der Waals surface area contributed by atoms with Crippen LogP contribution in [-0.2, 0) is 4.74 Å². The molecule has 1 aliphatic heterocycles. The van der Waals surface area contributed by atoms with E-state index in [1.54, 1.807) is 26.2 Å². The van der Waals surface area contributed by atoms with Crippen molar-refractivity contribution in [2.24, 2.45) is 0 Å². The first-order valence-electron chi connectivity index (χ1n) is 6.73. The zero-order valence-electron chi connectivity index (χ0n) is 11.8. The Morgan fingerprint density at radius 3 is 2.84 bits per heavy atom. The molecule has 4 heteroatoms. The molecule has 1 N–H and O–H groups in total. The normalized spacial score (nSPS) is 25.4. The maximum absolute atomic E-state index is 14.2. The summed E-state index contributed by atoms with van der Waals surface area (Å²) in [7, 11) is 1.69. The summed E-state index contributed by atoms with van der Waals surface area (Å²) in [4.78, 5) is 1.99. The molecule has 0 aliphatic carbocycles. The predicted molar refractivity (Wildman–Crippen MR) is 73.9 cm³/mol. The fraction of sp³-hybridized carbons (Fsp3) is 0.600. The quantitative estimate of drug-likeness (QED) is 0.914. The number of aliphatic hydroxyl groups excluding tert-OH is 1. The standard InChI is InChI=1S/C15H22FNO2/c1-11(18)12-6-4-7-13(16)14(12)17-9-5-8-15(2,10-17)19-3/h4,6-7,11,18H,5,8-10H2,1-3H3/t11-,15?/m1/s1. The van der Waals surface area contributed by atoms with Gasteiger partial charge in [0, 0.05) is 25.8 Å². The molecule has 0 bridgehead atoms. The van der Waals surface area contributed by atoms with E-state index in [1.165, 1.54) is 6.07 Å². The van der Waals surface area contributed by atoms with Gasteiger partial charge in [-0.3, -0.25) is 0 Å². The van der Waals surface area contributed by atoms with E-state index in [0.29, 0.717) is 17.8 Å². The monoisotopic (exact) mass is 267 g/mol. The third kappa shape index (κ3) is 2.90. The smallest absolute Gasteiger partial charge is 0.146 e. The van der Waals surface area contributed by atoms with Crippen molar-refractivity contribution in [2.45, 2.75) is 38.4 Å². The molecule has 0 saturated carbocycles.